The quantitative estimate of drug-likeness (QED) is 0.0585. The Balaban J connectivity index is 0. The van der Waals surface area contributed by atoms with Crippen LogP contribution in [0.1, 0.15) is 79.1 Å². The number of aliphatic carboxylic acids is 5. The van der Waals surface area contributed by atoms with Crippen molar-refractivity contribution < 1.29 is 68.0 Å². The number of carboxylic acid groups (broad SMARTS) is 5. The summed E-state index contributed by atoms with van der Waals surface area (Å²) in [5, 5.41) is 44.1. The molecule has 0 amide bonds. The van der Waals surface area contributed by atoms with Gasteiger partial charge in [-0.1, -0.05) is 66.2 Å². The molecule has 0 aromatic carbocycles. The van der Waals surface area contributed by atoms with Crippen molar-refractivity contribution in [2.75, 3.05) is 72.1 Å². The molecular formula is C30H58N3O14P. The van der Waals surface area contributed by atoms with E-state index in [-0.39, 0.29) is 26.2 Å². The summed E-state index contributed by atoms with van der Waals surface area (Å²) in [6.45, 7) is 6.37. The highest BCUT2D eigenvalue weighted by atomic mass is 31.2. The average Bonchev–Trinajstić information content (AvgIpc) is 2.97. The third-order valence-electron chi connectivity index (χ3n) is 7.29. The van der Waals surface area contributed by atoms with E-state index >= 15 is 0 Å². The van der Waals surface area contributed by atoms with Gasteiger partial charge in [-0.2, -0.15) is 0 Å². The molecule has 6 N–H and O–H groups in total. The van der Waals surface area contributed by atoms with Gasteiger partial charge in [0, 0.05) is 26.2 Å². The van der Waals surface area contributed by atoms with E-state index in [9.17, 15) is 33.4 Å². The van der Waals surface area contributed by atoms with Crippen LogP contribution < -0.4 is 0 Å². The minimum atomic E-state index is -3.89. The van der Waals surface area contributed by atoms with Gasteiger partial charge < -0.3 is 30.4 Å². The summed E-state index contributed by atoms with van der Waals surface area (Å²) in [5.41, 5.74) is 0. The van der Waals surface area contributed by atoms with Crippen molar-refractivity contribution in [2.24, 2.45) is 11.8 Å². The fourth-order valence-electron chi connectivity index (χ4n) is 4.45. The Morgan fingerprint density at radius 3 is 1.06 bits per heavy atom. The predicted molar refractivity (Wildman–Crippen MR) is 176 cm³/mol. The minimum Gasteiger partial charge on any atom is -0.480 e. The molecule has 0 rings (SSSR count). The first-order valence-corrected chi connectivity index (χ1v) is 17.9. The number of hydrogen-bond acceptors (Lipinski definition) is 11. The second-order valence-corrected chi connectivity index (χ2v) is 13.0. The van der Waals surface area contributed by atoms with Crippen LogP contribution in [0, 0.1) is 11.8 Å². The zero-order chi connectivity index (χ0) is 37.1. The van der Waals surface area contributed by atoms with Crippen LogP contribution in [0.4, 0.5) is 0 Å². The average molecular weight is 716 g/mol. The van der Waals surface area contributed by atoms with Crippen molar-refractivity contribution in [3.05, 3.63) is 0 Å². The van der Waals surface area contributed by atoms with Gasteiger partial charge >= 0.3 is 37.7 Å². The first-order valence-electron chi connectivity index (χ1n) is 16.4. The van der Waals surface area contributed by atoms with Crippen LogP contribution in [0.25, 0.3) is 0 Å². The van der Waals surface area contributed by atoms with Crippen LogP contribution in [-0.2, 0) is 37.6 Å². The van der Waals surface area contributed by atoms with E-state index in [0.29, 0.717) is 25.0 Å². The molecule has 0 heterocycles. The molecule has 0 bridgehead atoms. The van der Waals surface area contributed by atoms with Gasteiger partial charge in [0.05, 0.1) is 45.9 Å². The normalized spacial score (nSPS) is 13.8. The number of phosphoric ester groups is 1. The fraction of sp³-hybridized carbons (Fsp3) is 0.833. The number of unbranched alkanes of at least 4 members (excludes halogenated alkanes) is 2. The second kappa shape index (κ2) is 28.2. The summed E-state index contributed by atoms with van der Waals surface area (Å²) in [5.74, 6) is -5.47. The third-order valence-corrected chi connectivity index (χ3v) is 8.24. The monoisotopic (exact) mass is 715 g/mol. The smallest absolute Gasteiger partial charge is 0.472 e. The summed E-state index contributed by atoms with van der Waals surface area (Å²) in [4.78, 5) is 67.4. The zero-order valence-corrected chi connectivity index (χ0v) is 29.7. The number of carboxylic acids is 5. The summed E-state index contributed by atoms with van der Waals surface area (Å²) >= 11 is 0. The van der Waals surface area contributed by atoms with Crippen LogP contribution >= 0.6 is 7.82 Å². The molecule has 0 aliphatic carbocycles. The molecule has 17 nitrogen and oxygen atoms in total. The fourth-order valence-corrected chi connectivity index (χ4v) is 5.33. The summed E-state index contributed by atoms with van der Waals surface area (Å²) in [7, 11) is -3.89. The molecular weight excluding hydrogens is 657 g/mol. The summed E-state index contributed by atoms with van der Waals surface area (Å²) < 4.78 is 22.2. The van der Waals surface area contributed by atoms with Crippen LogP contribution in [0.15, 0.2) is 0 Å². The standard InChI is InChI=1S/C16H35O4P.C14H23N3O10/c1-5-9-11-15(7-3)13-19-21(17,18)20-14-16(8-4)12-10-6-2;18-10(19)5-15(1-3-16(6-11(20)21)7-12(22)23)2-4-17(8-13(24)25)9-14(26)27/h15-16H,5-14H2,1-4H3,(H,17,18);1-9H2,(H,18,19)(H,20,21)(H,22,23)(H,24,25)(H,26,27). The molecule has 0 fully saturated rings. The van der Waals surface area contributed by atoms with Crippen LogP contribution in [0.3, 0.4) is 0 Å². The largest absolute Gasteiger partial charge is 0.480 e. The lowest BCUT2D eigenvalue weighted by Crippen LogP contribution is -2.45. The highest BCUT2D eigenvalue weighted by Gasteiger charge is 2.24. The van der Waals surface area contributed by atoms with E-state index in [0.717, 1.165) is 61.2 Å². The van der Waals surface area contributed by atoms with Gasteiger partial charge in [0.2, 0.25) is 0 Å². The van der Waals surface area contributed by atoms with Gasteiger partial charge in [0.25, 0.3) is 0 Å². The van der Waals surface area contributed by atoms with E-state index < -0.39 is 70.4 Å². The van der Waals surface area contributed by atoms with E-state index in [4.69, 9.17) is 34.6 Å². The third kappa shape index (κ3) is 29.5. The Bertz CT molecular complexity index is 890. The van der Waals surface area contributed by atoms with E-state index in [2.05, 4.69) is 27.7 Å². The number of hydrogen-bond donors (Lipinski definition) is 6. The molecule has 0 aromatic rings. The highest BCUT2D eigenvalue weighted by molar-refractivity contribution is 7.47. The molecule has 0 radical (unpaired) electrons. The molecule has 48 heavy (non-hydrogen) atoms. The van der Waals surface area contributed by atoms with Gasteiger partial charge in [-0.25, -0.2) is 4.57 Å². The molecule has 2 atom stereocenters. The van der Waals surface area contributed by atoms with Gasteiger partial charge in [0.15, 0.2) is 0 Å². The highest BCUT2D eigenvalue weighted by Crippen LogP contribution is 2.44. The Morgan fingerprint density at radius 2 is 0.812 bits per heavy atom. The molecule has 282 valence electrons. The zero-order valence-electron chi connectivity index (χ0n) is 28.8. The van der Waals surface area contributed by atoms with Crippen molar-refractivity contribution >= 4 is 37.7 Å². The number of phosphoric acid groups is 1. The molecule has 0 aromatic heterocycles. The molecule has 0 spiro atoms. The summed E-state index contributed by atoms with van der Waals surface area (Å²) in [6, 6.07) is 0. The minimum absolute atomic E-state index is 0.000836. The Hall–Kier alpha value is -2.66. The molecule has 0 saturated carbocycles. The van der Waals surface area contributed by atoms with Gasteiger partial charge in [-0.3, -0.25) is 47.7 Å². The SMILES string of the molecule is CCCCC(CC)COP(=O)(O)OCC(CC)CCCC.O=C(O)CN(CCN(CC(=O)O)CC(=O)O)CCN(CC(=O)O)CC(=O)O. The van der Waals surface area contributed by atoms with Crippen molar-refractivity contribution in [3.63, 3.8) is 0 Å². The maximum atomic E-state index is 11.9. The van der Waals surface area contributed by atoms with Crippen molar-refractivity contribution in [3.8, 4) is 0 Å². The van der Waals surface area contributed by atoms with Gasteiger partial charge in [0.1, 0.15) is 0 Å². The van der Waals surface area contributed by atoms with Gasteiger partial charge in [-0.05, 0) is 24.7 Å². The number of nitrogens with zero attached hydrogens (tertiary/aromatic N) is 3. The van der Waals surface area contributed by atoms with E-state index in [1.165, 1.54) is 4.90 Å². The van der Waals surface area contributed by atoms with Crippen molar-refractivity contribution in [1.29, 1.82) is 0 Å². The molecule has 0 saturated heterocycles. The van der Waals surface area contributed by atoms with Crippen LogP contribution in [0.5, 0.6) is 0 Å². The summed E-state index contributed by atoms with van der Waals surface area (Å²) in [6.07, 6.45) is 8.56. The lowest BCUT2D eigenvalue weighted by Gasteiger charge is -2.27. The van der Waals surface area contributed by atoms with E-state index in [1.807, 2.05) is 0 Å². The Morgan fingerprint density at radius 1 is 0.542 bits per heavy atom. The first kappa shape index (κ1) is 47.5. The molecule has 0 aliphatic heterocycles. The topological polar surface area (TPSA) is 252 Å². The number of carbonyl (C=O) groups is 5. The molecule has 18 heteroatoms. The maximum absolute atomic E-state index is 11.9. The van der Waals surface area contributed by atoms with Crippen LogP contribution in [0.2, 0.25) is 0 Å². The van der Waals surface area contributed by atoms with Gasteiger partial charge in [-0.15, -0.1) is 0 Å². The lowest BCUT2D eigenvalue weighted by molar-refractivity contribution is -0.143. The molecule has 2 unspecified atom stereocenters. The Labute approximate surface area is 283 Å². The lowest BCUT2D eigenvalue weighted by atomic mass is 10.0. The predicted octanol–water partition coefficient (Wildman–Crippen LogP) is 2.87. The second-order valence-electron chi connectivity index (χ2n) is 11.6. The van der Waals surface area contributed by atoms with Crippen molar-refractivity contribution in [2.45, 2.75) is 79.1 Å². The van der Waals surface area contributed by atoms with Crippen molar-refractivity contribution in [1.82, 2.24) is 14.7 Å². The maximum Gasteiger partial charge on any atom is 0.472 e. The molecule has 0 aliphatic rings. The first-order chi connectivity index (χ1) is 22.5. The van der Waals surface area contributed by atoms with E-state index in [1.54, 1.807) is 0 Å². The van der Waals surface area contributed by atoms with Crippen LogP contribution in [-0.4, -0.2) is 147 Å². The Kier molecular flexibility index (Phi) is 27.9. The number of rotatable bonds is 30.